The van der Waals surface area contributed by atoms with Crippen LogP contribution in [-0.2, 0) is 19.1 Å². The minimum absolute atomic E-state index is 0.333. The largest absolute Gasteiger partial charge is 0.463 e. The van der Waals surface area contributed by atoms with Crippen LogP contribution in [-0.4, -0.2) is 129 Å². The van der Waals surface area contributed by atoms with Gasteiger partial charge in [0.1, 0.15) is 13.2 Å². The molecule has 0 amide bonds. The van der Waals surface area contributed by atoms with Crippen LogP contribution in [0.4, 0.5) is 0 Å². The number of fused-ring (bicyclic) bond motifs is 2. The zero-order valence-corrected chi connectivity index (χ0v) is 31.8. The minimum atomic E-state index is -1.86. The van der Waals surface area contributed by atoms with Crippen molar-refractivity contribution in [1.82, 2.24) is 0 Å². The van der Waals surface area contributed by atoms with Gasteiger partial charge in [-0.3, -0.25) is 0 Å². The first-order chi connectivity index (χ1) is 23.1. The zero-order valence-electron chi connectivity index (χ0n) is 31.8. The van der Waals surface area contributed by atoms with E-state index in [-0.39, 0.29) is 0 Å². The van der Waals surface area contributed by atoms with E-state index in [2.05, 4.69) is 0 Å². The van der Waals surface area contributed by atoms with Crippen molar-refractivity contribution < 1.29 is 48.5 Å². The van der Waals surface area contributed by atoms with E-state index in [1.165, 1.54) is 120 Å². The highest BCUT2D eigenvalue weighted by Crippen LogP contribution is 2.42. The number of ether oxygens (including phenoxy) is 2. The van der Waals surface area contributed by atoms with E-state index in [4.69, 9.17) is 9.47 Å². The molecule has 49 heavy (non-hydrogen) atoms. The number of carbonyl (C=O) groups is 2. The van der Waals surface area contributed by atoms with Crippen LogP contribution in [0.2, 0.25) is 0 Å². The van der Waals surface area contributed by atoms with E-state index in [1.807, 2.05) is 0 Å². The van der Waals surface area contributed by atoms with Gasteiger partial charge in [-0.05, 0) is 51.4 Å². The lowest BCUT2D eigenvalue weighted by molar-refractivity contribution is -0.929. The number of aliphatic hydroxyl groups is 4. The summed E-state index contributed by atoms with van der Waals surface area (Å²) < 4.78 is 13.7. The molecule has 10 atom stereocenters. The van der Waals surface area contributed by atoms with Crippen molar-refractivity contribution in [2.75, 3.05) is 52.5 Å². The molecule has 0 aromatic rings. The first-order valence-corrected chi connectivity index (χ1v) is 20.0. The molecule has 4 fully saturated rings. The molecule has 4 aliphatic rings. The molecule has 0 saturated carbocycles. The van der Waals surface area contributed by atoms with Gasteiger partial charge < -0.3 is 38.9 Å². The lowest BCUT2D eigenvalue weighted by Gasteiger charge is -2.37. The number of carbonyl (C=O) groups excluding carboxylic acids is 2. The Morgan fingerprint density at radius 2 is 0.939 bits per heavy atom. The van der Waals surface area contributed by atoms with Gasteiger partial charge in [-0.1, -0.05) is 47.0 Å². The molecule has 4 rings (SSSR count). The number of nitrogens with zero attached hydrogens (tertiary/aromatic N) is 2. The third-order valence-electron chi connectivity index (χ3n) is 13.8. The van der Waals surface area contributed by atoms with E-state index < -0.39 is 47.2 Å². The van der Waals surface area contributed by atoms with Gasteiger partial charge in [0.15, 0.2) is 11.2 Å². The Morgan fingerprint density at radius 3 is 1.27 bits per heavy atom. The smallest absolute Gasteiger partial charge is 0.341 e. The lowest BCUT2D eigenvalue weighted by atomic mass is 9.85. The predicted octanol–water partition coefficient (Wildman–Crippen LogP) is 4.34. The molecular weight excluding hydrogens is 624 g/mol. The fourth-order valence-corrected chi connectivity index (χ4v) is 10.5. The van der Waals surface area contributed by atoms with Crippen LogP contribution in [0.5, 0.6) is 0 Å². The Hall–Kier alpha value is -1.30. The SMILES string of the molecule is CC(C)C(O)(C(=O)OCC1CC[N+]2(CCCCCCCCC[N+]34CCCC3C(COC(=O)C(O)(C(C)C)C(C)O)CC4)CCCC12)C(C)O. The number of aliphatic hydroxyl groups excluding tert-OH is 2. The monoisotopic (exact) mass is 697 g/mol. The molecular formula is C39H72N2O8+2. The highest BCUT2D eigenvalue weighted by Gasteiger charge is 2.54. The highest BCUT2D eigenvalue weighted by atomic mass is 16.6. The van der Waals surface area contributed by atoms with E-state index >= 15 is 0 Å². The van der Waals surface area contributed by atoms with Crippen LogP contribution in [0.3, 0.4) is 0 Å². The second-order valence-corrected chi connectivity index (χ2v) is 17.3. The Bertz CT molecular complexity index is 983. The quantitative estimate of drug-likeness (QED) is 0.0840. The molecule has 284 valence electrons. The van der Waals surface area contributed by atoms with E-state index in [0.717, 1.165) is 25.9 Å². The molecule has 0 bridgehead atoms. The predicted molar refractivity (Wildman–Crippen MR) is 189 cm³/mol. The second kappa shape index (κ2) is 17.0. The molecule has 10 nitrogen and oxygen atoms in total. The van der Waals surface area contributed by atoms with Crippen molar-refractivity contribution in [1.29, 1.82) is 0 Å². The number of rotatable bonds is 20. The summed E-state index contributed by atoms with van der Waals surface area (Å²) in [6, 6.07) is 1.08. The average Bonchev–Trinajstić information content (AvgIpc) is 3.81. The van der Waals surface area contributed by atoms with Crippen LogP contribution in [0.1, 0.15) is 125 Å². The Kier molecular flexibility index (Phi) is 14.1. The first kappa shape index (κ1) is 40.5. The number of hydrogen-bond acceptors (Lipinski definition) is 8. The molecule has 0 aromatic heterocycles. The molecule has 10 unspecified atom stereocenters. The van der Waals surface area contributed by atoms with Crippen LogP contribution >= 0.6 is 0 Å². The molecule has 0 radical (unpaired) electrons. The van der Waals surface area contributed by atoms with Gasteiger partial charge in [0.2, 0.25) is 0 Å². The lowest BCUT2D eigenvalue weighted by Crippen LogP contribution is -2.54. The fraction of sp³-hybridized carbons (Fsp3) is 0.949. The Morgan fingerprint density at radius 1 is 0.592 bits per heavy atom. The molecule has 0 spiro atoms. The Balaban J connectivity index is 1.11. The summed E-state index contributed by atoms with van der Waals surface area (Å²) >= 11 is 0. The van der Waals surface area contributed by atoms with E-state index in [1.54, 1.807) is 27.7 Å². The van der Waals surface area contributed by atoms with Gasteiger partial charge in [-0.25, -0.2) is 9.59 Å². The molecule has 4 N–H and O–H groups in total. The van der Waals surface area contributed by atoms with Crippen molar-refractivity contribution in [2.24, 2.45) is 23.7 Å². The number of quaternary nitrogens is 2. The molecule has 10 heteroatoms. The molecule has 0 aromatic carbocycles. The summed E-state index contributed by atoms with van der Waals surface area (Å²) in [7, 11) is 0. The maximum atomic E-state index is 12.8. The molecule has 0 aliphatic carbocycles. The third kappa shape index (κ3) is 8.51. The van der Waals surface area contributed by atoms with Crippen molar-refractivity contribution in [3.05, 3.63) is 0 Å². The van der Waals surface area contributed by atoms with Crippen molar-refractivity contribution >= 4 is 11.9 Å². The van der Waals surface area contributed by atoms with E-state index in [0.29, 0.717) is 37.1 Å². The van der Waals surface area contributed by atoms with Crippen LogP contribution in [0, 0.1) is 23.7 Å². The van der Waals surface area contributed by atoms with Crippen molar-refractivity contribution in [3.63, 3.8) is 0 Å². The molecule has 4 heterocycles. The summed E-state index contributed by atoms with van der Waals surface area (Å²) in [5.74, 6) is -1.57. The summed E-state index contributed by atoms with van der Waals surface area (Å²) in [6.45, 7) is 17.7. The maximum absolute atomic E-state index is 12.8. The van der Waals surface area contributed by atoms with Crippen LogP contribution in [0.25, 0.3) is 0 Å². The van der Waals surface area contributed by atoms with Crippen molar-refractivity contribution in [3.8, 4) is 0 Å². The van der Waals surface area contributed by atoms with Gasteiger partial charge in [0, 0.05) is 38.5 Å². The third-order valence-corrected chi connectivity index (χ3v) is 13.8. The second-order valence-electron chi connectivity index (χ2n) is 17.3. The number of esters is 2. The fourth-order valence-electron chi connectivity index (χ4n) is 10.5. The Labute approximate surface area is 296 Å². The maximum Gasteiger partial charge on any atom is 0.341 e. The topological polar surface area (TPSA) is 134 Å². The number of unbranched alkanes of at least 4 members (excludes halogenated alkanes) is 6. The van der Waals surface area contributed by atoms with Gasteiger partial charge in [0.05, 0.1) is 75.4 Å². The summed E-state index contributed by atoms with van der Waals surface area (Å²) in [6.07, 6.45) is 13.5. The standard InChI is InChI=1S/C39H72N2O8/c1-28(2)38(46,30(5)42)36(44)48-26-32-18-24-40(22-14-16-34(32)40)20-12-10-8-7-9-11-13-21-41-23-15-17-35(41)33(19-25-41)27-49-37(45)39(47,29(3)4)31(6)43/h28-35,42-43,46-47H,7-27H2,1-6H3/q+2. The number of hydrogen-bond donors (Lipinski definition) is 4. The van der Waals surface area contributed by atoms with Gasteiger partial charge >= 0.3 is 11.9 Å². The van der Waals surface area contributed by atoms with Crippen molar-refractivity contribution in [2.45, 2.75) is 161 Å². The van der Waals surface area contributed by atoms with Gasteiger partial charge in [-0.15, -0.1) is 0 Å². The zero-order chi connectivity index (χ0) is 36.0. The molecule has 4 saturated heterocycles. The first-order valence-electron chi connectivity index (χ1n) is 20.0. The van der Waals surface area contributed by atoms with Crippen LogP contribution < -0.4 is 0 Å². The van der Waals surface area contributed by atoms with E-state index in [9.17, 15) is 30.0 Å². The van der Waals surface area contributed by atoms with Gasteiger partial charge in [0.25, 0.3) is 0 Å². The average molecular weight is 697 g/mol. The van der Waals surface area contributed by atoms with Gasteiger partial charge in [-0.2, -0.15) is 0 Å². The summed E-state index contributed by atoms with van der Waals surface area (Å²) in [4.78, 5) is 25.6. The highest BCUT2D eigenvalue weighted by molar-refractivity contribution is 5.81. The molecule has 4 aliphatic heterocycles. The summed E-state index contributed by atoms with van der Waals surface area (Å²) in [5, 5.41) is 41.8. The van der Waals surface area contributed by atoms with Crippen LogP contribution in [0.15, 0.2) is 0 Å². The summed E-state index contributed by atoms with van der Waals surface area (Å²) in [5.41, 5.74) is -3.72. The minimum Gasteiger partial charge on any atom is -0.463 e. The normalized spacial score (nSPS) is 33.2.